The van der Waals surface area contributed by atoms with Crippen LogP contribution in [0.5, 0.6) is 0 Å². The molecule has 72 heavy (non-hydrogen) atoms. The third-order valence-corrected chi connectivity index (χ3v) is 12.8. The fraction of sp³-hybridized carbons (Fsp3) is 0.150. The molecule has 22 nitrogen and oxygen atoms in total. The second-order valence-electron chi connectivity index (χ2n) is 14.5. The maximum Gasteiger partial charge on any atom is 0.417 e. The van der Waals surface area contributed by atoms with Gasteiger partial charge in [-0.3, -0.25) is 24.2 Å². The van der Waals surface area contributed by atoms with Crippen LogP contribution in [0.15, 0.2) is 104 Å². The zero-order valence-electron chi connectivity index (χ0n) is 36.4. The average molecular weight is 1080 g/mol. The van der Waals surface area contributed by atoms with E-state index >= 15 is 0 Å². The van der Waals surface area contributed by atoms with E-state index in [9.17, 15) is 52.8 Å². The van der Waals surface area contributed by atoms with Gasteiger partial charge in [0.2, 0.25) is 11.6 Å². The molecule has 0 atom stereocenters. The van der Waals surface area contributed by atoms with Gasteiger partial charge in [0.05, 0.1) is 48.9 Å². The first kappa shape index (κ1) is 51.9. The lowest BCUT2D eigenvalue weighted by Crippen LogP contribution is -2.19. The van der Waals surface area contributed by atoms with Gasteiger partial charge in [-0.2, -0.15) is 26.3 Å². The van der Waals surface area contributed by atoms with E-state index in [0.29, 0.717) is 23.3 Å². The minimum atomic E-state index is -4.88. The second kappa shape index (κ2) is 20.0. The van der Waals surface area contributed by atoms with Crippen molar-refractivity contribution in [3.63, 3.8) is 0 Å². The van der Waals surface area contributed by atoms with Crippen LogP contribution in [0.25, 0.3) is 34.7 Å². The number of sulfonamides is 2. The molecular weight excluding hydrogens is 1060 g/mol. The predicted molar refractivity (Wildman–Crippen MR) is 238 cm³/mol. The van der Waals surface area contributed by atoms with Gasteiger partial charge in [-0.1, -0.05) is 33.5 Å². The lowest BCUT2D eigenvalue weighted by Gasteiger charge is -2.15. The van der Waals surface area contributed by atoms with Gasteiger partial charge in [-0.05, 0) is 80.4 Å². The van der Waals surface area contributed by atoms with Gasteiger partial charge in [0.25, 0.3) is 26.0 Å². The number of nitrogens with one attached hydrogen (secondary N) is 2. The number of benzene rings is 2. The highest BCUT2D eigenvalue weighted by Crippen LogP contribution is 2.39. The Morgan fingerprint density at radius 1 is 0.667 bits per heavy atom. The van der Waals surface area contributed by atoms with Crippen LogP contribution in [0.4, 0.5) is 37.7 Å². The Bertz CT molecular complexity index is 3580. The summed E-state index contributed by atoms with van der Waals surface area (Å²) in [4.78, 5) is 31.3. The summed E-state index contributed by atoms with van der Waals surface area (Å²) in [5, 5.41) is 21.6. The summed E-state index contributed by atoms with van der Waals surface area (Å²) in [5.74, 6) is -2.62. The number of amides is 1. The van der Waals surface area contributed by atoms with Crippen LogP contribution in [0, 0.1) is 13.8 Å². The number of pyridine rings is 2. The lowest BCUT2D eigenvalue weighted by atomic mass is 10.2. The smallest absolute Gasteiger partial charge is 0.417 e. The zero-order valence-corrected chi connectivity index (χ0v) is 39.5. The molecule has 8 rings (SSSR count). The van der Waals surface area contributed by atoms with Crippen LogP contribution >= 0.6 is 23.2 Å². The molecule has 0 bridgehead atoms. The van der Waals surface area contributed by atoms with Crippen molar-refractivity contribution >= 4 is 66.5 Å². The summed E-state index contributed by atoms with van der Waals surface area (Å²) in [7, 11) is -9.14. The van der Waals surface area contributed by atoms with Crippen molar-refractivity contribution in [3.05, 3.63) is 130 Å². The Hall–Kier alpha value is -7.96. The third kappa shape index (κ3) is 11.0. The number of ether oxygens (including phenoxy) is 1. The van der Waals surface area contributed by atoms with Crippen LogP contribution < -0.4 is 15.2 Å². The number of hydrogen-bond acceptors (Lipinski definition) is 17. The molecule has 0 saturated heterocycles. The molecule has 2 aromatic carbocycles. The van der Waals surface area contributed by atoms with Gasteiger partial charge in [-0.15, -0.1) is 20.4 Å². The van der Waals surface area contributed by atoms with Gasteiger partial charge >= 0.3 is 18.3 Å². The molecule has 8 aromatic rings. The van der Waals surface area contributed by atoms with Gasteiger partial charge < -0.3 is 19.5 Å². The van der Waals surface area contributed by atoms with Gasteiger partial charge in [-0.25, -0.2) is 30.8 Å². The maximum atomic E-state index is 13.3. The summed E-state index contributed by atoms with van der Waals surface area (Å²) in [6, 6.07) is 9.85. The van der Waals surface area contributed by atoms with Gasteiger partial charge in [0.15, 0.2) is 23.3 Å². The standard InChI is InChI=1S/C21H16ClF3N6O5S.C19H13ClF3N7O4S/c1-3-35-20(32)19-28-27-18(31(19)16-6-7-36-29-16)17-15(8-11(2)10-26-17)30-37(33,34)12-4-5-14(22)13(9-12)21(23,24)25;1-9-6-13(29-35(32,33)10-2-3-12(20)11(7-10)19(21,22)23)15(25-8-9)17-26-27-18(16(24)31)30(17)14-4-5-34-28-14/h4-10,30H,3H2,1-2H3;2-8,29H,1H3,(H2,24,31). The van der Waals surface area contributed by atoms with Crippen molar-refractivity contribution in [3.8, 4) is 34.7 Å². The largest absolute Gasteiger partial charge is 0.460 e. The molecule has 6 aromatic heterocycles. The predicted octanol–water partition coefficient (Wildman–Crippen LogP) is 7.47. The average Bonchev–Trinajstić information content (AvgIpc) is 4.14. The van der Waals surface area contributed by atoms with E-state index in [1.165, 1.54) is 49.2 Å². The number of aromatic nitrogens is 10. The number of nitrogens with zero attached hydrogens (tertiary/aromatic N) is 10. The van der Waals surface area contributed by atoms with E-state index in [1.54, 1.807) is 20.8 Å². The molecule has 0 radical (unpaired) electrons. The van der Waals surface area contributed by atoms with Crippen LogP contribution in [-0.4, -0.2) is 85.1 Å². The Morgan fingerprint density at radius 2 is 1.08 bits per heavy atom. The highest BCUT2D eigenvalue weighted by atomic mass is 35.5. The Balaban J connectivity index is 0.000000212. The second-order valence-corrected chi connectivity index (χ2v) is 18.7. The maximum absolute atomic E-state index is 13.3. The highest BCUT2D eigenvalue weighted by molar-refractivity contribution is 7.93. The summed E-state index contributed by atoms with van der Waals surface area (Å²) in [6.07, 6.45) is -4.56. The quantitative estimate of drug-likeness (QED) is 0.0744. The molecule has 376 valence electrons. The topological polar surface area (TPSA) is 301 Å². The van der Waals surface area contributed by atoms with Crippen LogP contribution in [0.2, 0.25) is 10.0 Å². The fourth-order valence-electron chi connectivity index (χ4n) is 6.28. The molecule has 0 fully saturated rings. The van der Waals surface area contributed by atoms with Crippen LogP contribution in [0.1, 0.15) is 50.4 Å². The fourth-order valence-corrected chi connectivity index (χ4v) is 8.89. The number of nitrogens with two attached hydrogens (primary N) is 1. The van der Waals surface area contributed by atoms with E-state index in [1.807, 2.05) is 0 Å². The van der Waals surface area contributed by atoms with Crippen molar-refractivity contribution in [1.82, 2.24) is 49.8 Å². The first-order valence-corrected chi connectivity index (χ1v) is 23.4. The minimum absolute atomic E-state index is 0.0364. The van der Waals surface area contributed by atoms with Crippen molar-refractivity contribution in [2.75, 3.05) is 16.1 Å². The summed E-state index contributed by atoms with van der Waals surface area (Å²) < 4.78 is 153. The first-order valence-electron chi connectivity index (χ1n) is 19.7. The number of rotatable bonds is 13. The number of carbonyl (C=O) groups is 2. The first-order chi connectivity index (χ1) is 33.8. The Morgan fingerprint density at radius 3 is 1.46 bits per heavy atom. The minimum Gasteiger partial charge on any atom is -0.460 e. The number of alkyl halides is 6. The SMILES string of the molecule is CCOC(=O)c1nnc(-c2ncc(C)cc2NS(=O)(=O)c2ccc(Cl)c(C(F)(F)F)c2)n1-c1ccon1.Cc1cnc(-c2nnc(C(N)=O)n2-c2ccon2)c(NS(=O)(=O)c2ccc(Cl)c(C(F)(F)F)c2)c1. The molecule has 0 saturated carbocycles. The van der Waals surface area contributed by atoms with Crippen molar-refractivity contribution in [2.24, 2.45) is 5.73 Å². The van der Waals surface area contributed by atoms with Gasteiger partial charge in [0, 0.05) is 24.5 Å². The molecular formula is C40H29Cl2F6N13O9S2. The molecule has 0 aliphatic rings. The number of anilines is 2. The third-order valence-electron chi connectivity index (χ3n) is 9.38. The molecule has 0 aliphatic heterocycles. The molecule has 6 heterocycles. The van der Waals surface area contributed by atoms with Crippen LogP contribution in [0.3, 0.4) is 0 Å². The van der Waals surface area contributed by atoms with Crippen molar-refractivity contribution in [1.29, 1.82) is 0 Å². The van der Waals surface area contributed by atoms with Crippen molar-refractivity contribution < 1.29 is 66.6 Å². The molecule has 0 spiro atoms. The number of halogens is 8. The normalized spacial score (nSPS) is 12.0. The summed E-state index contributed by atoms with van der Waals surface area (Å²) >= 11 is 11.2. The Labute approximate surface area is 410 Å². The van der Waals surface area contributed by atoms with Gasteiger partial charge in [0.1, 0.15) is 23.9 Å². The number of esters is 1. The van der Waals surface area contributed by atoms with E-state index in [0.717, 1.165) is 33.4 Å². The zero-order chi connectivity index (χ0) is 52.5. The highest BCUT2D eigenvalue weighted by Gasteiger charge is 2.37. The number of primary amides is 1. The number of hydrogen-bond donors (Lipinski definition) is 3. The van der Waals surface area contributed by atoms with E-state index < -0.39 is 75.2 Å². The van der Waals surface area contributed by atoms with E-state index in [4.69, 9.17) is 42.7 Å². The number of aryl methyl sites for hydroxylation is 2. The van der Waals surface area contributed by atoms with E-state index in [2.05, 4.69) is 50.1 Å². The molecule has 4 N–H and O–H groups in total. The van der Waals surface area contributed by atoms with E-state index in [-0.39, 0.29) is 64.3 Å². The molecule has 0 unspecified atom stereocenters. The monoisotopic (exact) mass is 1080 g/mol. The van der Waals surface area contributed by atoms with Crippen molar-refractivity contribution in [2.45, 2.75) is 42.9 Å². The summed E-state index contributed by atoms with van der Waals surface area (Å²) in [6.45, 7) is 4.85. The Kier molecular flexibility index (Phi) is 14.4. The number of carbonyl (C=O) groups excluding carboxylic acids is 2. The lowest BCUT2D eigenvalue weighted by molar-refractivity contribution is -0.138. The summed E-state index contributed by atoms with van der Waals surface area (Å²) in [5.41, 5.74) is 3.19. The molecule has 0 aliphatic carbocycles. The molecule has 1 amide bonds. The molecule has 32 heteroatoms. The van der Waals surface area contributed by atoms with Crippen LogP contribution in [-0.2, 0) is 37.1 Å².